The summed E-state index contributed by atoms with van der Waals surface area (Å²) in [5.41, 5.74) is 3.47. The van der Waals surface area contributed by atoms with E-state index in [1.165, 1.54) is 0 Å². The van der Waals surface area contributed by atoms with Crippen LogP contribution in [0.15, 0.2) is 49.1 Å². The van der Waals surface area contributed by atoms with E-state index < -0.39 is 0 Å². The molecule has 1 unspecified atom stereocenters. The van der Waals surface area contributed by atoms with E-state index in [1.54, 1.807) is 13.4 Å². The molecule has 8 heteroatoms. The second kappa shape index (κ2) is 7.12. The van der Waals surface area contributed by atoms with Crippen molar-refractivity contribution >= 4 is 0 Å². The van der Waals surface area contributed by atoms with E-state index in [2.05, 4.69) is 21.0 Å². The van der Waals surface area contributed by atoms with Crippen molar-refractivity contribution in [1.29, 1.82) is 0 Å². The fraction of sp³-hybridized carbons (Fsp3) is 0.286. The molecule has 0 N–H and O–H groups in total. The molecule has 0 fully saturated rings. The van der Waals surface area contributed by atoms with Crippen LogP contribution in [-0.2, 0) is 6.54 Å². The van der Waals surface area contributed by atoms with Crippen molar-refractivity contribution in [1.82, 2.24) is 34.3 Å². The summed E-state index contributed by atoms with van der Waals surface area (Å²) < 4.78 is 9.41. The molecule has 1 aliphatic rings. The number of aromatic nitrogens is 7. The highest BCUT2D eigenvalue weighted by Gasteiger charge is 2.27. The molecule has 5 rings (SSSR count). The Morgan fingerprint density at radius 3 is 2.79 bits per heavy atom. The second-order valence-corrected chi connectivity index (χ2v) is 7.11. The van der Waals surface area contributed by atoms with Gasteiger partial charge in [0.1, 0.15) is 17.2 Å². The largest absolute Gasteiger partial charge is 0.479 e. The molecule has 0 spiro atoms. The first kappa shape index (κ1) is 17.5. The maximum Gasteiger partial charge on any atom is 0.238 e. The molecule has 0 radical (unpaired) electrons. The normalized spacial score (nSPS) is 15.9. The highest BCUT2D eigenvalue weighted by Crippen LogP contribution is 2.32. The van der Waals surface area contributed by atoms with Crippen LogP contribution in [0.3, 0.4) is 0 Å². The molecular formula is C21H21N7O. The first-order chi connectivity index (χ1) is 14.2. The first-order valence-corrected chi connectivity index (χ1v) is 9.65. The van der Waals surface area contributed by atoms with Gasteiger partial charge in [0.05, 0.1) is 30.7 Å². The summed E-state index contributed by atoms with van der Waals surface area (Å²) in [7, 11) is 1.61. The van der Waals surface area contributed by atoms with Gasteiger partial charge in [-0.1, -0.05) is 6.07 Å². The van der Waals surface area contributed by atoms with Crippen molar-refractivity contribution in [3.05, 3.63) is 66.3 Å². The van der Waals surface area contributed by atoms with Gasteiger partial charge in [0, 0.05) is 18.9 Å². The Labute approximate surface area is 168 Å². The van der Waals surface area contributed by atoms with Gasteiger partial charge in [0.15, 0.2) is 5.82 Å². The molecule has 1 aliphatic heterocycles. The van der Waals surface area contributed by atoms with E-state index >= 15 is 0 Å². The van der Waals surface area contributed by atoms with Crippen molar-refractivity contribution in [3.63, 3.8) is 0 Å². The average Bonchev–Trinajstić information content (AvgIpc) is 3.40. The van der Waals surface area contributed by atoms with Crippen molar-refractivity contribution in [2.24, 2.45) is 0 Å². The zero-order valence-electron chi connectivity index (χ0n) is 16.4. The molecule has 1 atom stereocenters. The molecule has 0 saturated heterocycles. The Kier molecular flexibility index (Phi) is 4.31. The number of hydrogen-bond acceptors (Lipinski definition) is 6. The van der Waals surface area contributed by atoms with E-state index in [1.807, 2.05) is 52.8 Å². The predicted octanol–water partition coefficient (Wildman–Crippen LogP) is 3.16. The molecule has 5 heterocycles. The molecular weight excluding hydrogens is 366 g/mol. The van der Waals surface area contributed by atoms with E-state index in [0.717, 1.165) is 42.3 Å². The van der Waals surface area contributed by atoms with Crippen LogP contribution in [-0.4, -0.2) is 41.4 Å². The van der Waals surface area contributed by atoms with Crippen molar-refractivity contribution in [3.8, 4) is 23.1 Å². The van der Waals surface area contributed by atoms with Gasteiger partial charge in [-0.2, -0.15) is 0 Å². The lowest BCUT2D eigenvalue weighted by atomic mass is 9.95. The highest BCUT2D eigenvalue weighted by molar-refractivity contribution is 5.55. The van der Waals surface area contributed by atoms with Crippen molar-refractivity contribution in [2.45, 2.75) is 32.2 Å². The molecule has 0 amide bonds. The lowest BCUT2D eigenvalue weighted by molar-refractivity contribution is 0.396. The number of pyridine rings is 2. The number of imidazole rings is 1. The SMILES string of the molecule is COc1nc(-c2nc3n(n2)CCCC3c2ccccn2)ccc1-n1cnc(C)c1. The monoisotopic (exact) mass is 387 g/mol. The van der Waals surface area contributed by atoms with Crippen LogP contribution in [0.25, 0.3) is 17.2 Å². The van der Waals surface area contributed by atoms with Gasteiger partial charge in [-0.25, -0.2) is 19.6 Å². The number of aryl methyl sites for hydroxylation is 2. The van der Waals surface area contributed by atoms with Gasteiger partial charge in [0.25, 0.3) is 0 Å². The lowest BCUT2D eigenvalue weighted by Gasteiger charge is -2.21. The maximum atomic E-state index is 5.53. The Balaban J connectivity index is 1.53. The minimum atomic E-state index is 0.154. The average molecular weight is 387 g/mol. The third kappa shape index (κ3) is 3.16. The highest BCUT2D eigenvalue weighted by atomic mass is 16.5. The van der Waals surface area contributed by atoms with Crippen LogP contribution < -0.4 is 4.74 Å². The summed E-state index contributed by atoms with van der Waals surface area (Å²) in [6.07, 6.45) is 7.58. The number of fused-ring (bicyclic) bond motifs is 1. The number of methoxy groups -OCH3 is 1. The lowest BCUT2D eigenvalue weighted by Crippen LogP contribution is -2.18. The fourth-order valence-corrected chi connectivity index (χ4v) is 3.78. The topological polar surface area (TPSA) is 83.5 Å². The van der Waals surface area contributed by atoms with Crippen LogP contribution in [0.4, 0.5) is 0 Å². The molecule has 4 aromatic rings. The number of rotatable bonds is 4. The van der Waals surface area contributed by atoms with Crippen LogP contribution in [0.5, 0.6) is 5.88 Å². The third-order valence-corrected chi connectivity index (χ3v) is 5.17. The number of nitrogens with zero attached hydrogens (tertiary/aromatic N) is 7. The quantitative estimate of drug-likeness (QED) is 0.535. The van der Waals surface area contributed by atoms with E-state index in [-0.39, 0.29) is 5.92 Å². The molecule has 146 valence electrons. The number of hydrogen-bond donors (Lipinski definition) is 0. The standard InChI is InChI=1S/C21H21N7O/c1-14-12-27(13-23-14)18-9-8-17(24-21(18)29-2)19-25-20-15(6-5-11-28(20)26-19)16-7-3-4-10-22-16/h3-4,7-10,12-13,15H,5-6,11H2,1-2H3. The van der Waals surface area contributed by atoms with Crippen LogP contribution >= 0.6 is 0 Å². The Morgan fingerprint density at radius 2 is 2.03 bits per heavy atom. The summed E-state index contributed by atoms with van der Waals surface area (Å²) in [6.45, 7) is 2.80. The van der Waals surface area contributed by atoms with Gasteiger partial charge in [0.2, 0.25) is 5.88 Å². The Bertz CT molecular complexity index is 1150. The molecule has 0 aromatic carbocycles. The van der Waals surface area contributed by atoms with Crippen LogP contribution in [0, 0.1) is 6.92 Å². The van der Waals surface area contributed by atoms with E-state index in [4.69, 9.17) is 14.8 Å². The summed E-state index contributed by atoms with van der Waals surface area (Å²) in [5, 5.41) is 4.72. The van der Waals surface area contributed by atoms with Gasteiger partial charge in [-0.3, -0.25) is 4.98 Å². The van der Waals surface area contributed by atoms with Gasteiger partial charge >= 0.3 is 0 Å². The third-order valence-electron chi connectivity index (χ3n) is 5.17. The Morgan fingerprint density at radius 1 is 1.10 bits per heavy atom. The van der Waals surface area contributed by atoms with Crippen molar-refractivity contribution < 1.29 is 4.74 Å². The van der Waals surface area contributed by atoms with Crippen molar-refractivity contribution in [2.75, 3.05) is 7.11 Å². The number of ether oxygens (including phenoxy) is 1. The smallest absolute Gasteiger partial charge is 0.238 e. The van der Waals surface area contributed by atoms with E-state index in [9.17, 15) is 0 Å². The van der Waals surface area contributed by atoms with E-state index in [0.29, 0.717) is 17.4 Å². The molecule has 0 bridgehead atoms. The molecule has 0 saturated carbocycles. The zero-order valence-corrected chi connectivity index (χ0v) is 16.4. The zero-order chi connectivity index (χ0) is 19.8. The molecule has 0 aliphatic carbocycles. The van der Waals surface area contributed by atoms with Gasteiger partial charge in [-0.05, 0) is 44.0 Å². The Hall–Kier alpha value is -3.55. The van der Waals surface area contributed by atoms with Crippen LogP contribution in [0.2, 0.25) is 0 Å². The summed E-state index contributed by atoms with van der Waals surface area (Å²) in [6, 6.07) is 9.88. The fourth-order valence-electron chi connectivity index (χ4n) is 3.78. The van der Waals surface area contributed by atoms with Gasteiger partial charge in [-0.15, -0.1) is 5.10 Å². The molecule has 8 nitrogen and oxygen atoms in total. The predicted molar refractivity (Wildman–Crippen MR) is 107 cm³/mol. The summed E-state index contributed by atoms with van der Waals surface area (Å²) >= 11 is 0. The molecule has 29 heavy (non-hydrogen) atoms. The molecule has 4 aromatic heterocycles. The minimum Gasteiger partial charge on any atom is -0.479 e. The van der Waals surface area contributed by atoms with Crippen LogP contribution in [0.1, 0.15) is 36.0 Å². The summed E-state index contributed by atoms with van der Waals surface area (Å²) in [4.78, 5) is 18.3. The summed E-state index contributed by atoms with van der Waals surface area (Å²) in [5.74, 6) is 2.21. The maximum absolute atomic E-state index is 5.53. The first-order valence-electron chi connectivity index (χ1n) is 9.65. The van der Waals surface area contributed by atoms with Gasteiger partial charge < -0.3 is 9.30 Å². The second-order valence-electron chi connectivity index (χ2n) is 7.11. The minimum absolute atomic E-state index is 0.154.